The number of phenols is 3. The molecule has 3 atom stereocenters. The Labute approximate surface area is 201 Å². The van der Waals surface area contributed by atoms with Crippen molar-refractivity contribution >= 4 is 5.97 Å². The first kappa shape index (κ1) is 24.2. The highest BCUT2D eigenvalue weighted by Crippen LogP contribution is 2.55. The van der Waals surface area contributed by atoms with Crippen molar-refractivity contribution in [2.24, 2.45) is 11.8 Å². The minimum absolute atomic E-state index is 0.0384. The van der Waals surface area contributed by atoms with Gasteiger partial charge in [0.15, 0.2) is 17.2 Å². The maximum absolute atomic E-state index is 13.1. The molecule has 1 heterocycles. The second kappa shape index (κ2) is 9.40. The first-order valence-electron chi connectivity index (χ1n) is 12.4. The van der Waals surface area contributed by atoms with Gasteiger partial charge in [0.25, 0.3) is 0 Å². The average Bonchev–Trinajstić information content (AvgIpc) is 2.76. The number of phenolic OH excluding ortho intramolecular Hbond substituents is 3. The van der Waals surface area contributed by atoms with E-state index < -0.39 is 23.2 Å². The number of aryl methyl sites for hydroxylation is 1. The quantitative estimate of drug-likeness (QED) is 0.195. The van der Waals surface area contributed by atoms with Gasteiger partial charge in [-0.2, -0.15) is 0 Å². The van der Waals surface area contributed by atoms with Gasteiger partial charge in [-0.3, -0.25) is 0 Å². The topological polar surface area (TPSA) is 96.2 Å². The number of fused-ring (bicyclic) bond motifs is 3. The van der Waals surface area contributed by atoms with Gasteiger partial charge in [0.05, 0.1) is 5.56 Å². The lowest BCUT2D eigenvalue weighted by molar-refractivity contribution is -0.0146. The van der Waals surface area contributed by atoms with Gasteiger partial charge in [-0.25, -0.2) is 4.79 Å². The molecule has 0 radical (unpaired) electrons. The maximum Gasteiger partial charge on any atom is 0.343 e. The van der Waals surface area contributed by atoms with Crippen LogP contribution in [-0.2, 0) is 6.42 Å². The zero-order valence-electron chi connectivity index (χ0n) is 20.6. The summed E-state index contributed by atoms with van der Waals surface area (Å²) in [5.74, 6) is -0.138. The van der Waals surface area contributed by atoms with Gasteiger partial charge in [0.1, 0.15) is 17.1 Å². The zero-order chi connectivity index (χ0) is 24.6. The van der Waals surface area contributed by atoms with E-state index in [9.17, 15) is 20.1 Å². The molecule has 2 aromatic rings. The molecule has 0 saturated heterocycles. The molecule has 34 heavy (non-hydrogen) atoms. The first-order valence-corrected chi connectivity index (χ1v) is 12.4. The summed E-state index contributed by atoms with van der Waals surface area (Å²) in [7, 11) is 0. The van der Waals surface area contributed by atoms with Crippen LogP contribution in [0.4, 0.5) is 0 Å². The Morgan fingerprint density at radius 2 is 1.79 bits per heavy atom. The number of aromatic hydroxyl groups is 3. The Morgan fingerprint density at radius 1 is 1.09 bits per heavy atom. The van der Waals surface area contributed by atoms with E-state index in [2.05, 4.69) is 33.8 Å². The van der Waals surface area contributed by atoms with Gasteiger partial charge in [-0.1, -0.05) is 33.1 Å². The average molecular weight is 469 g/mol. The predicted octanol–water partition coefficient (Wildman–Crippen LogP) is 6.45. The second-order valence-electron chi connectivity index (χ2n) is 10.6. The van der Waals surface area contributed by atoms with E-state index in [1.54, 1.807) is 0 Å². The third-order valence-corrected chi connectivity index (χ3v) is 7.49. The monoisotopic (exact) mass is 468 g/mol. The molecule has 0 bridgehead atoms. The number of carbonyl (C=O) groups is 1. The second-order valence-corrected chi connectivity index (χ2v) is 10.6. The summed E-state index contributed by atoms with van der Waals surface area (Å²) in [4.78, 5) is 13.1. The molecule has 0 aromatic heterocycles. The number of rotatable bonds is 6. The van der Waals surface area contributed by atoms with Crippen molar-refractivity contribution in [2.45, 2.75) is 84.2 Å². The van der Waals surface area contributed by atoms with E-state index >= 15 is 0 Å². The Kier molecular flexibility index (Phi) is 6.70. The molecule has 1 aliphatic carbocycles. The third-order valence-electron chi connectivity index (χ3n) is 7.49. The molecule has 184 valence electrons. The van der Waals surface area contributed by atoms with E-state index in [0.717, 1.165) is 74.0 Å². The summed E-state index contributed by atoms with van der Waals surface area (Å²) in [6.07, 6.45) is 7.35. The minimum Gasteiger partial charge on any atom is -0.504 e. The van der Waals surface area contributed by atoms with Crippen LogP contribution in [0.25, 0.3) is 0 Å². The van der Waals surface area contributed by atoms with Gasteiger partial charge in [0.2, 0.25) is 0 Å². The Hall–Kier alpha value is -2.89. The zero-order valence-corrected chi connectivity index (χ0v) is 20.6. The van der Waals surface area contributed by atoms with Gasteiger partial charge >= 0.3 is 5.97 Å². The number of ether oxygens (including phenoxy) is 2. The van der Waals surface area contributed by atoms with Crippen LogP contribution in [0.2, 0.25) is 0 Å². The summed E-state index contributed by atoms with van der Waals surface area (Å²) in [5.41, 5.74) is 1.65. The van der Waals surface area contributed by atoms with Crippen molar-refractivity contribution < 1.29 is 29.6 Å². The molecule has 0 spiro atoms. The SMILES string of the molecule is CCCCCc1cc(OC(=O)c2cc(O)c(O)c(O)c2)c2c(c1)OC(C)(C)[C@@H]1CC[C@@H](C)C[C@@H]21. The van der Waals surface area contributed by atoms with Crippen molar-refractivity contribution in [1.29, 1.82) is 0 Å². The molecule has 2 aliphatic rings. The summed E-state index contributed by atoms with van der Waals surface area (Å²) in [5, 5.41) is 29.3. The number of benzene rings is 2. The molecule has 1 saturated carbocycles. The van der Waals surface area contributed by atoms with Gasteiger partial charge < -0.3 is 24.8 Å². The largest absolute Gasteiger partial charge is 0.504 e. The van der Waals surface area contributed by atoms with Crippen molar-refractivity contribution in [3.8, 4) is 28.7 Å². The van der Waals surface area contributed by atoms with Gasteiger partial charge in [-0.15, -0.1) is 0 Å². The Balaban J connectivity index is 1.76. The van der Waals surface area contributed by atoms with Gasteiger partial charge in [0, 0.05) is 11.5 Å². The fourth-order valence-electron chi connectivity index (χ4n) is 5.69. The summed E-state index contributed by atoms with van der Waals surface area (Å²) in [6.45, 7) is 8.74. The number of carbonyl (C=O) groups excluding carboxylic acids is 1. The highest BCUT2D eigenvalue weighted by Gasteiger charge is 2.47. The van der Waals surface area contributed by atoms with Crippen molar-refractivity contribution in [3.63, 3.8) is 0 Å². The molecule has 1 fully saturated rings. The molecule has 6 heteroatoms. The summed E-state index contributed by atoms with van der Waals surface area (Å²) < 4.78 is 12.5. The number of esters is 1. The van der Waals surface area contributed by atoms with Crippen LogP contribution in [0.15, 0.2) is 24.3 Å². The highest BCUT2D eigenvalue weighted by atomic mass is 16.5. The Morgan fingerprint density at radius 3 is 2.47 bits per heavy atom. The van der Waals surface area contributed by atoms with Crippen molar-refractivity contribution in [2.75, 3.05) is 0 Å². The number of hydrogen-bond acceptors (Lipinski definition) is 6. The molecule has 4 rings (SSSR count). The number of unbranched alkanes of at least 4 members (excludes halogenated alkanes) is 2. The van der Waals surface area contributed by atoms with Crippen LogP contribution in [0.1, 0.15) is 93.6 Å². The molecule has 2 aromatic carbocycles. The smallest absolute Gasteiger partial charge is 0.343 e. The predicted molar refractivity (Wildman–Crippen MR) is 130 cm³/mol. The first-order chi connectivity index (χ1) is 16.1. The van der Waals surface area contributed by atoms with Crippen molar-refractivity contribution in [1.82, 2.24) is 0 Å². The normalized spacial score (nSPS) is 22.9. The van der Waals surface area contributed by atoms with Crippen molar-refractivity contribution in [3.05, 3.63) is 41.0 Å². The molecular weight excluding hydrogens is 432 g/mol. The fraction of sp³-hybridized carbons (Fsp3) is 0.536. The molecule has 6 nitrogen and oxygen atoms in total. The van der Waals surface area contributed by atoms with E-state index in [1.165, 1.54) is 0 Å². The van der Waals surface area contributed by atoms with E-state index in [0.29, 0.717) is 17.6 Å². The van der Waals surface area contributed by atoms with E-state index in [1.807, 2.05) is 6.07 Å². The third kappa shape index (κ3) is 4.68. The molecule has 0 unspecified atom stereocenters. The lowest BCUT2D eigenvalue weighted by atomic mass is 9.64. The van der Waals surface area contributed by atoms with E-state index in [-0.39, 0.29) is 17.1 Å². The van der Waals surface area contributed by atoms with Crippen LogP contribution in [0.5, 0.6) is 28.7 Å². The number of hydrogen-bond donors (Lipinski definition) is 3. The molecular formula is C28H36O6. The standard InChI is InChI=1S/C28H36O6/c1-5-6-7-8-17-12-23(33-27(32)18-14-21(29)26(31)22(30)15-18)25-19-11-16(2)9-10-20(19)28(3,4)34-24(25)13-17/h12-16,19-20,29-31H,5-11H2,1-4H3/t16-,19-,20-/m1/s1. The van der Waals surface area contributed by atoms with Crippen LogP contribution in [0.3, 0.4) is 0 Å². The highest BCUT2D eigenvalue weighted by molar-refractivity contribution is 5.93. The summed E-state index contributed by atoms with van der Waals surface area (Å²) >= 11 is 0. The summed E-state index contributed by atoms with van der Waals surface area (Å²) in [6, 6.07) is 6.25. The molecule has 0 amide bonds. The van der Waals surface area contributed by atoms with Crippen LogP contribution in [0, 0.1) is 11.8 Å². The molecule has 3 N–H and O–H groups in total. The maximum atomic E-state index is 13.1. The fourth-order valence-corrected chi connectivity index (χ4v) is 5.69. The van der Waals surface area contributed by atoms with Crippen LogP contribution in [-0.4, -0.2) is 26.9 Å². The van der Waals surface area contributed by atoms with E-state index in [4.69, 9.17) is 9.47 Å². The lowest BCUT2D eigenvalue weighted by Gasteiger charge is -2.49. The molecule has 1 aliphatic heterocycles. The lowest BCUT2D eigenvalue weighted by Crippen LogP contribution is -2.46. The van der Waals surface area contributed by atoms with Gasteiger partial charge in [-0.05, 0) is 81.2 Å². The van der Waals surface area contributed by atoms with Crippen LogP contribution < -0.4 is 9.47 Å². The van der Waals surface area contributed by atoms with Crippen LogP contribution >= 0.6 is 0 Å². The Bertz CT molecular complexity index is 1050. The minimum atomic E-state index is -0.705.